The summed E-state index contributed by atoms with van der Waals surface area (Å²) in [6.45, 7) is 4.49. The fourth-order valence-electron chi connectivity index (χ4n) is 2.15. The molecule has 0 fully saturated rings. The van der Waals surface area contributed by atoms with Gasteiger partial charge < -0.3 is 10.6 Å². The summed E-state index contributed by atoms with van der Waals surface area (Å²) >= 11 is 12.1. The molecule has 0 unspecified atom stereocenters. The first-order valence-electron chi connectivity index (χ1n) is 7.85. The maximum absolute atomic E-state index is 12.2. The van der Waals surface area contributed by atoms with Crippen molar-refractivity contribution in [1.82, 2.24) is 15.3 Å². The highest BCUT2D eigenvalue weighted by Crippen LogP contribution is 2.28. The van der Waals surface area contributed by atoms with E-state index in [9.17, 15) is 4.79 Å². The van der Waals surface area contributed by atoms with Crippen LogP contribution in [0.4, 0.5) is 11.5 Å². The van der Waals surface area contributed by atoms with Crippen LogP contribution in [0.25, 0.3) is 0 Å². The molecule has 0 aliphatic carbocycles. The average molecular weight is 367 g/mol. The Kier molecular flexibility index (Phi) is 6.82. The smallest absolute Gasteiger partial charge is 0.270 e. The Labute approximate surface area is 151 Å². The number of nitrogens with one attached hydrogen (secondary N) is 2. The molecule has 0 bridgehead atoms. The minimum absolute atomic E-state index is 0.211. The van der Waals surface area contributed by atoms with Crippen molar-refractivity contribution in [3.63, 3.8) is 0 Å². The number of amides is 1. The van der Waals surface area contributed by atoms with E-state index in [-0.39, 0.29) is 5.91 Å². The molecule has 1 aromatic carbocycles. The van der Waals surface area contributed by atoms with Crippen LogP contribution in [-0.4, -0.2) is 22.4 Å². The fraction of sp³-hybridized carbons (Fsp3) is 0.353. The van der Waals surface area contributed by atoms with E-state index in [1.54, 1.807) is 31.2 Å². The van der Waals surface area contributed by atoms with Crippen molar-refractivity contribution < 1.29 is 4.79 Å². The summed E-state index contributed by atoms with van der Waals surface area (Å²) in [5.41, 5.74) is 0.941. The van der Waals surface area contributed by atoms with Crippen LogP contribution in [0, 0.1) is 6.92 Å². The number of anilines is 2. The van der Waals surface area contributed by atoms with Crippen LogP contribution in [0.5, 0.6) is 0 Å². The van der Waals surface area contributed by atoms with Crippen LogP contribution in [0.1, 0.15) is 42.5 Å². The van der Waals surface area contributed by atoms with Crippen molar-refractivity contribution in [2.45, 2.75) is 33.1 Å². The molecule has 2 aromatic rings. The molecule has 0 saturated heterocycles. The standard InChI is InChI=1S/C17H20Cl2N4O/c1-3-4-5-8-20-17(24)15-10-16(22-11(2)21-15)23-14-9-12(18)6-7-13(14)19/h6-7,9-10H,3-5,8H2,1-2H3,(H,20,24)(H,21,22,23). The minimum Gasteiger partial charge on any atom is -0.351 e. The summed E-state index contributed by atoms with van der Waals surface area (Å²) < 4.78 is 0. The molecule has 0 aliphatic rings. The summed E-state index contributed by atoms with van der Waals surface area (Å²) in [5, 5.41) is 7.02. The van der Waals surface area contributed by atoms with Gasteiger partial charge in [-0.15, -0.1) is 0 Å². The van der Waals surface area contributed by atoms with E-state index < -0.39 is 0 Å². The normalized spacial score (nSPS) is 10.5. The zero-order valence-corrected chi connectivity index (χ0v) is 15.2. The molecule has 128 valence electrons. The number of carbonyl (C=O) groups is 1. The largest absolute Gasteiger partial charge is 0.351 e. The van der Waals surface area contributed by atoms with E-state index in [2.05, 4.69) is 27.5 Å². The second kappa shape index (κ2) is 8.85. The van der Waals surface area contributed by atoms with Gasteiger partial charge in [-0.2, -0.15) is 0 Å². The second-order valence-electron chi connectivity index (χ2n) is 5.40. The van der Waals surface area contributed by atoms with E-state index in [0.717, 1.165) is 19.3 Å². The molecule has 5 nitrogen and oxygen atoms in total. The summed E-state index contributed by atoms with van der Waals surface area (Å²) in [5.74, 6) is 0.777. The molecule has 1 amide bonds. The molecule has 0 atom stereocenters. The molecular formula is C17H20Cl2N4O. The van der Waals surface area contributed by atoms with Crippen molar-refractivity contribution in [3.8, 4) is 0 Å². The number of carbonyl (C=O) groups excluding carboxylic acids is 1. The molecule has 24 heavy (non-hydrogen) atoms. The number of hydrogen-bond acceptors (Lipinski definition) is 4. The highest BCUT2D eigenvalue weighted by Gasteiger charge is 2.11. The van der Waals surface area contributed by atoms with Gasteiger partial charge in [0, 0.05) is 17.6 Å². The van der Waals surface area contributed by atoms with Crippen molar-refractivity contribution in [2.24, 2.45) is 0 Å². The monoisotopic (exact) mass is 366 g/mol. The number of unbranched alkanes of at least 4 members (excludes halogenated alkanes) is 2. The molecule has 0 radical (unpaired) electrons. The average Bonchev–Trinajstić information content (AvgIpc) is 2.54. The number of aromatic nitrogens is 2. The Morgan fingerprint density at radius 3 is 2.71 bits per heavy atom. The van der Waals surface area contributed by atoms with Crippen molar-refractivity contribution in [3.05, 3.63) is 45.8 Å². The van der Waals surface area contributed by atoms with Crippen LogP contribution in [0.3, 0.4) is 0 Å². The predicted molar refractivity (Wildman–Crippen MR) is 98.4 cm³/mol. The highest BCUT2D eigenvalue weighted by molar-refractivity contribution is 6.35. The maximum Gasteiger partial charge on any atom is 0.270 e. The van der Waals surface area contributed by atoms with E-state index in [1.807, 2.05) is 0 Å². The predicted octanol–water partition coefficient (Wildman–Crippen LogP) is 4.76. The van der Waals surface area contributed by atoms with Crippen LogP contribution in [0.15, 0.2) is 24.3 Å². The Morgan fingerprint density at radius 2 is 1.96 bits per heavy atom. The lowest BCUT2D eigenvalue weighted by Crippen LogP contribution is -2.25. The first kappa shape index (κ1) is 18.5. The third-order valence-electron chi connectivity index (χ3n) is 3.33. The third-order valence-corrected chi connectivity index (χ3v) is 3.89. The van der Waals surface area contributed by atoms with Gasteiger partial charge in [-0.25, -0.2) is 9.97 Å². The molecular weight excluding hydrogens is 347 g/mol. The number of hydrogen-bond donors (Lipinski definition) is 2. The molecule has 7 heteroatoms. The van der Waals surface area contributed by atoms with Crippen molar-refractivity contribution >= 4 is 40.6 Å². The van der Waals surface area contributed by atoms with Crippen LogP contribution in [-0.2, 0) is 0 Å². The number of rotatable bonds is 7. The lowest BCUT2D eigenvalue weighted by Gasteiger charge is -2.10. The SMILES string of the molecule is CCCCCNC(=O)c1cc(Nc2cc(Cl)ccc2Cl)nc(C)n1. The lowest BCUT2D eigenvalue weighted by molar-refractivity contribution is 0.0947. The zero-order valence-electron chi connectivity index (χ0n) is 13.7. The Balaban J connectivity index is 2.13. The molecule has 0 saturated carbocycles. The van der Waals surface area contributed by atoms with E-state index in [4.69, 9.17) is 23.2 Å². The molecule has 0 aliphatic heterocycles. The van der Waals surface area contributed by atoms with Gasteiger partial charge in [0.1, 0.15) is 17.3 Å². The van der Waals surface area contributed by atoms with Gasteiger partial charge in [0.2, 0.25) is 0 Å². The molecule has 1 heterocycles. The molecule has 2 rings (SSSR count). The zero-order chi connectivity index (χ0) is 17.5. The van der Waals surface area contributed by atoms with Gasteiger partial charge in [0.15, 0.2) is 0 Å². The molecule has 0 spiro atoms. The fourth-order valence-corrected chi connectivity index (χ4v) is 2.48. The third kappa shape index (κ3) is 5.35. The summed E-state index contributed by atoms with van der Waals surface area (Å²) in [6, 6.07) is 6.70. The highest BCUT2D eigenvalue weighted by atomic mass is 35.5. The Bertz CT molecular complexity index is 722. The molecule has 1 aromatic heterocycles. The topological polar surface area (TPSA) is 66.9 Å². The minimum atomic E-state index is -0.211. The first-order chi connectivity index (χ1) is 11.5. The van der Waals surface area contributed by atoms with E-state index in [1.165, 1.54) is 0 Å². The number of halogens is 2. The number of aryl methyl sites for hydroxylation is 1. The van der Waals surface area contributed by atoms with Crippen LogP contribution in [0.2, 0.25) is 10.0 Å². The van der Waals surface area contributed by atoms with Crippen LogP contribution >= 0.6 is 23.2 Å². The molecule has 2 N–H and O–H groups in total. The summed E-state index contributed by atoms with van der Waals surface area (Å²) in [7, 11) is 0. The van der Waals surface area contributed by atoms with Gasteiger partial charge >= 0.3 is 0 Å². The Hall–Kier alpha value is -1.85. The van der Waals surface area contributed by atoms with Crippen molar-refractivity contribution in [1.29, 1.82) is 0 Å². The van der Waals surface area contributed by atoms with Crippen LogP contribution < -0.4 is 10.6 Å². The van der Waals surface area contributed by atoms with E-state index >= 15 is 0 Å². The summed E-state index contributed by atoms with van der Waals surface area (Å²) in [6.07, 6.45) is 3.15. The quantitative estimate of drug-likeness (QED) is 0.693. The van der Waals surface area contributed by atoms with E-state index in [0.29, 0.717) is 39.6 Å². The second-order valence-corrected chi connectivity index (χ2v) is 6.24. The lowest BCUT2D eigenvalue weighted by atomic mass is 10.2. The van der Waals surface area contributed by atoms with Crippen molar-refractivity contribution in [2.75, 3.05) is 11.9 Å². The summed E-state index contributed by atoms with van der Waals surface area (Å²) in [4.78, 5) is 20.7. The first-order valence-corrected chi connectivity index (χ1v) is 8.61. The maximum atomic E-state index is 12.2. The number of nitrogens with zero attached hydrogens (tertiary/aromatic N) is 2. The van der Waals surface area contributed by atoms with Gasteiger partial charge in [0.25, 0.3) is 5.91 Å². The van der Waals surface area contributed by atoms with Gasteiger partial charge in [0.05, 0.1) is 10.7 Å². The van der Waals surface area contributed by atoms with Gasteiger partial charge in [-0.1, -0.05) is 43.0 Å². The van der Waals surface area contributed by atoms with Gasteiger partial charge in [-0.05, 0) is 31.5 Å². The van der Waals surface area contributed by atoms with Gasteiger partial charge in [-0.3, -0.25) is 4.79 Å². The Morgan fingerprint density at radius 1 is 1.17 bits per heavy atom. The number of benzene rings is 1.